The molecule has 0 saturated carbocycles. The van der Waals surface area contributed by atoms with Gasteiger partial charge in [-0.3, -0.25) is 14.2 Å². The Labute approximate surface area is 144 Å². The molecule has 1 atom stereocenters. The molecule has 2 aromatic rings. The van der Waals surface area contributed by atoms with Crippen molar-refractivity contribution >= 4 is 39.2 Å². The van der Waals surface area contributed by atoms with Gasteiger partial charge in [0.05, 0.1) is 10.8 Å². The monoisotopic (exact) mass is 353 g/mol. The minimum Gasteiger partial charge on any atom is -0.350 e. The van der Waals surface area contributed by atoms with E-state index in [1.807, 2.05) is 46.1 Å². The van der Waals surface area contributed by atoms with Gasteiger partial charge in [0.25, 0.3) is 5.56 Å². The lowest BCUT2D eigenvalue weighted by Gasteiger charge is -2.26. The molecule has 0 spiro atoms. The fourth-order valence-electron chi connectivity index (χ4n) is 2.03. The second-order valence-electron chi connectivity index (χ2n) is 6.07. The molecule has 0 aliphatic heterocycles. The van der Waals surface area contributed by atoms with E-state index >= 15 is 0 Å². The fraction of sp³-hybridized carbons (Fsp3) is 0.562. The SMILES string of the molecule is CCn1c(SC(C)C(=O)NC(C)(C)CC)nc2ccsc2c1=O. The highest BCUT2D eigenvalue weighted by atomic mass is 32.2. The summed E-state index contributed by atoms with van der Waals surface area (Å²) in [6, 6.07) is 1.84. The van der Waals surface area contributed by atoms with Gasteiger partial charge in [0.1, 0.15) is 4.70 Å². The van der Waals surface area contributed by atoms with Crippen LogP contribution in [-0.4, -0.2) is 26.2 Å². The molecule has 1 amide bonds. The zero-order valence-corrected chi connectivity index (χ0v) is 15.8. The van der Waals surface area contributed by atoms with Gasteiger partial charge in [0, 0.05) is 12.1 Å². The van der Waals surface area contributed by atoms with Crippen molar-refractivity contribution in [3.8, 4) is 0 Å². The molecule has 7 heteroatoms. The molecule has 2 rings (SSSR count). The van der Waals surface area contributed by atoms with Gasteiger partial charge in [0.2, 0.25) is 5.91 Å². The standard InChI is InChI=1S/C16H23N3O2S2/c1-6-16(4,5)18-13(20)10(3)23-15-17-11-8-9-22-12(11)14(21)19(15)7-2/h8-10H,6-7H2,1-5H3,(H,18,20). The number of aromatic nitrogens is 2. The number of thiophene rings is 1. The van der Waals surface area contributed by atoms with Gasteiger partial charge in [-0.25, -0.2) is 4.98 Å². The summed E-state index contributed by atoms with van der Waals surface area (Å²) in [5.41, 5.74) is 0.436. The van der Waals surface area contributed by atoms with Crippen molar-refractivity contribution in [3.05, 3.63) is 21.8 Å². The van der Waals surface area contributed by atoms with Gasteiger partial charge in [-0.15, -0.1) is 11.3 Å². The molecule has 0 radical (unpaired) electrons. The Balaban J connectivity index is 2.27. The second kappa shape index (κ2) is 7.05. The predicted molar refractivity (Wildman–Crippen MR) is 97.4 cm³/mol. The van der Waals surface area contributed by atoms with E-state index in [1.54, 1.807) is 4.57 Å². The summed E-state index contributed by atoms with van der Waals surface area (Å²) in [5, 5.41) is 5.19. The van der Waals surface area contributed by atoms with E-state index in [2.05, 4.69) is 10.3 Å². The molecule has 5 nitrogen and oxygen atoms in total. The lowest BCUT2D eigenvalue weighted by Crippen LogP contribution is -2.46. The molecule has 2 heterocycles. The third-order valence-corrected chi connectivity index (χ3v) is 5.83. The first kappa shape index (κ1) is 18.0. The molecule has 2 aromatic heterocycles. The summed E-state index contributed by atoms with van der Waals surface area (Å²) in [6.45, 7) is 10.3. The number of nitrogens with zero attached hydrogens (tertiary/aromatic N) is 2. The van der Waals surface area contributed by atoms with Crippen LogP contribution in [0.4, 0.5) is 0 Å². The van der Waals surface area contributed by atoms with E-state index in [1.165, 1.54) is 23.1 Å². The third-order valence-electron chi connectivity index (χ3n) is 3.84. The van der Waals surface area contributed by atoms with Crippen LogP contribution in [0.5, 0.6) is 0 Å². The van der Waals surface area contributed by atoms with Gasteiger partial charge in [0.15, 0.2) is 5.16 Å². The first-order chi connectivity index (χ1) is 10.8. The Bertz CT molecular complexity index is 764. The maximum absolute atomic E-state index is 12.5. The summed E-state index contributed by atoms with van der Waals surface area (Å²) in [7, 11) is 0. The number of rotatable bonds is 6. The topological polar surface area (TPSA) is 64.0 Å². The number of hydrogen-bond acceptors (Lipinski definition) is 5. The third kappa shape index (κ3) is 3.95. The smallest absolute Gasteiger partial charge is 0.272 e. The first-order valence-corrected chi connectivity index (χ1v) is 9.51. The Kier molecular flexibility index (Phi) is 5.52. The van der Waals surface area contributed by atoms with Crippen molar-refractivity contribution < 1.29 is 4.79 Å². The van der Waals surface area contributed by atoms with Crippen LogP contribution in [0.3, 0.4) is 0 Å². The summed E-state index contributed by atoms with van der Waals surface area (Å²) in [5.74, 6) is -0.0378. The van der Waals surface area contributed by atoms with Gasteiger partial charge < -0.3 is 5.32 Å². The highest BCUT2D eigenvalue weighted by Crippen LogP contribution is 2.25. The van der Waals surface area contributed by atoms with Gasteiger partial charge in [-0.2, -0.15) is 0 Å². The zero-order chi connectivity index (χ0) is 17.2. The largest absolute Gasteiger partial charge is 0.350 e. The minimum absolute atomic E-state index is 0.0310. The molecule has 0 aliphatic carbocycles. The Hall–Kier alpha value is -1.34. The Morgan fingerprint density at radius 3 is 2.78 bits per heavy atom. The van der Waals surface area contributed by atoms with Gasteiger partial charge in [-0.1, -0.05) is 18.7 Å². The summed E-state index contributed by atoms with van der Waals surface area (Å²) in [6.07, 6.45) is 0.856. The number of hydrogen-bond donors (Lipinski definition) is 1. The van der Waals surface area contributed by atoms with Gasteiger partial charge >= 0.3 is 0 Å². The maximum atomic E-state index is 12.5. The van der Waals surface area contributed by atoms with Crippen LogP contribution in [0.2, 0.25) is 0 Å². The van der Waals surface area contributed by atoms with Crippen LogP contribution >= 0.6 is 23.1 Å². The molecule has 126 valence electrons. The van der Waals surface area contributed by atoms with Crippen LogP contribution in [0.25, 0.3) is 10.2 Å². The molecule has 0 saturated heterocycles. The molecule has 0 aromatic carbocycles. The minimum atomic E-state index is -0.318. The molecule has 1 N–H and O–H groups in total. The average Bonchev–Trinajstić information content (AvgIpc) is 2.95. The Morgan fingerprint density at radius 1 is 1.48 bits per heavy atom. The highest BCUT2D eigenvalue weighted by molar-refractivity contribution is 8.00. The van der Waals surface area contributed by atoms with Crippen molar-refractivity contribution in [1.82, 2.24) is 14.9 Å². The van der Waals surface area contributed by atoms with Crippen LogP contribution in [-0.2, 0) is 11.3 Å². The number of carbonyl (C=O) groups is 1. The van der Waals surface area contributed by atoms with Crippen LogP contribution in [0, 0.1) is 0 Å². The van der Waals surface area contributed by atoms with Gasteiger partial charge in [-0.05, 0) is 45.6 Å². The van der Waals surface area contributed by atoms with Crippen molar-refractivity contribution in [1.29, 1.82) is 0 Å². The predicted octanol–water partition coefficient (Wildman–Crippen LogP) is 3.26. The van der Waals surface area contributed by atoms with Crippen molar-refractivity contribution in [2.75, 3.05) is 0 Å². The molecular weight excluding hydrogens is 330 g/mol. The molecule has 23 heavy (non-hydrogen) atoms. The zero-order valence-electron chi connectivity index (χ0n) is 14.2. The molecule has 0 bridgehead atoms. The molecule has 1 unspecified atom stereocenters. The lowest BCUT2D eigenvalue weighted by molar-refractivity contribution is -0.121. The van der Waals surface area contributed by atoms with E-state index in [-0.39, 0.29) is 22.3 Å². The lowest BCUT2D eigenvalue weighted by atomic mass is 10.0. The van der Waals surface area contributed by atoms with E-state index in [0.29, 0.717) is 21.9 Å². The number of carbonyl (C=O) groups excluding carboxylic acids is 1. The van der Waals surface area contributed by atoms with E-state index in [9.17, 15) is 9.59 Å². The molecular formula is C16H23N3O2S2. The summed E-state index contributed by atoms with van der Waals surface area (Å²) < 4.78 is 2.30. The number of amides is 1. The maximum Gasteiger partial charge on any atom is 0.272 e. The number of fused-ring (bicyclic) bond motifs is 1. The van der Waals surface area contributed by atoms with Crippen LogP contribution in [0.15, 0.2) is 21.4 Å². The van der Waals surface area contributed by atoms with Crippen LogP contribution in [0.1, 0.15) is 41.0 Å². The Morgan fingerprint density at radius 2 is 2.17 bits per heavy atom. The normalized spacial score (nSPS) is 13.3. The van der Waals surface area contributed by atoms with E-state index < -0.39 is 0 Å². The van der Waals surface area contributed by atoms with Crippen molar-refractivity contribution in [2.45, 2.75) is 63.5 Å². The highest BCUT2D eigenvalue weighted by Gasteiger charge is 2.24. The van der Waals surface area contributed by atoms with E-state index in [4.69, 9.17) is 0 Å². The second-order valence-corrected chi connectivity index (χ2v) is 8.29. The average molecular weight is 354 g/mol. The van der Waals surface area contributed by atoms with E-state index in [0.717, 1.165) is 6.42 Å². The molecule has 0 aliphatic rings. The van der Waals surface area contributed by atoms with Crippen molar-refractivity contribution in [3.63, 3.8) is 0 Å². The van der Waals surface area contributed by atoms with Crippen LogP contribution < -0.4 is 10.9 Å². The number of thioether (sulfide) groups is 1. The summed E-state index contributed by atoms with van der Waals surface area (Å²) in [4.78, 5) is 29.4. The fourth-order valence-corrected chi connectivity index (χ4v) is 3.78. The molecule has 0 fully saturated rings. The van der Waals surface area contributed by atoms with Crippen molar-refractivity contribution in [2.24, 2.45) is 0 Å². The quantitative estimate of drug-likeness (QED) is 0.639. The number of nitrogens with one attached hydrogen (secondary N) is 1. The first-order valence-electron chi connectivity index (χ1n) is 7.75. The summed E-state index contributed by atoms with van der Waals surface area (Å²) >= 11 is 2.73.